The molecule has 0 N–H and O–H groups in total. The van der Waals surface area contributed by atoms with Crippen LogP contribution >= 0.6 is 21.6 Å². The number of hydrogen-bond acceptors (Lipinski definition) is 6. The predicted molar refractivity (Wildman–Crippen MR) is 112 cm³/mol. The van der Waals surface area contributed by atoms with Gasteiger partial charge in [-0.2, -0.15) is 0 Å². The zero-order valence-electron chi connectivity index (χ0n) is 16.5. The van der Waals surface area contributed by atoms with Crippen molar-refractivity contribution >= 4 is 27.9 Å². The molecule has 0 amide bonds. The Morgan fingerprint density at radius 1 is 1.04 bits per heavy atom. The van der Waals surface area contributed by atoms with Crippen molar-refractivity contribution in [2.24, 2.45) is 0 Å². The highest BCUT2D eigenvalue weighted by Crippen LogP contribution is 2.30. The summed E-state index contributed by atoms with van der Waals surface area (Å²) in [5, 5.41) is 1.07. The Balaban J connectivity index is 2.08. The van der Waals surface area contributed by atoms with Crippen LogP contribution in [0.2, 0.25) is 0 Å². The van der Waals surface area contributed by atoms with E-state index >= 15 is 0 Å². The first-order valence-electron chi connectivity index (χ1n) is 9.27. The van der Waals surface area contributed by atoms with Crippen molar-refractivity contribution in [3.63, 3.8) is 0 Å². The van der Waals surface area contributed by atoms with Gasteiger partial charge in [0.25, 0.3) is 0 Å². The summed E-state index contributed by atoms with van der Waals surface area (Å²) >= 11 is 0. The Morgan fingerprint density at radius 2 is 1.77 bits per heavy atom. The lowest BCUT2D eigenvalue weighted by molar-refractivity contribution is -0.111. The van der Waals surface area contributed by atoms with Gasteiger partial charge in [-0.3, -0.25) is 0 Å². The molecule has 0 radical (unpaired) electrons. The summed E-state index contributed by atoms with van der Waals surface area (Å²) in [5.74, 6) is 1.12. The number of pyridine rings is 1. The summed E-state index contributed by atoms with van der Waals surface area (Å²) in [6.45, 7) is 9.56. The molecule has 1 heterocycles. The van der Waals surface area contributed by atoms with Crippen LogP contribution in [0, 0.1) is 0 Å². The van der Waals surface area contributed by atoms with Crippen molar-refractivity contribution < 1.29 is 14.3 Å². The molecular formula is C20H33NO3S2. The molecule has 0 fully saturated rings. The molecule has 0 aliphatic carbocycles. The van der Waals surface area contributed by atoms with E-state index in [0.717, 1.165) is 36.3 Å². The van der Waals surface area contributed by atoms with Crippen LogP contribution < -0.4 is 0 Å². The second kappa shape index (κ2) is 12.8. The number of hydrogen-bond donors (Lipinski definition) is 0. The van der Waals surface area contributed by atoms with Crippen molar-refractivity contribution in [2.75, 3.05) is 19.0 Å². The topological polar surface area (TPSA) is 48.4 Å². The predicted octanol–water partition coefficient (Wildman–Crippen LogP) is 5.56. The molecule has 4 nitrogen and oxygen atoms in total. The largest absolute Gasteiger partial charge is 0.375 e. The molecule has 0 aliphatic heterocycles. The molecule has 0 saturated heterocycles. The minimum absolute atomic E-state index is 0.113. The van der Waals surface area contributed by atoms with Gasteiger partial charge in [-0.15, -0.1) is 0 Å². The number of aldehydes is 1. The van der Waals surface area contributed by atoms with E-state index in [0.29, 0.717) is 19.6 Å². The molecular weight excluding hydrogens is 366 g/mol. The van der Waals surface area contributed by atoms with E-state index in [9.17, 15) is 4.79 Å². The third-order valence-corrected chi connectivity index (χ3v) is 6.32. The van der Waals surface area contributed by atoms with Gasteiger partial charge in [0, 0.05) is 18.4 Å². The van der Waals surface area contributed by atoms with E-state index in [2.05, 4.69) is 18.8 Å². The Labute approximate surface area is 166 Å². The minimum Gasteiger partial charge on any atom is -0.375 e. The van der Waals surface area contributed by atoms with Gasteiger partial charge in [-0.1, -0.05) is 16.9 Å². The number of nitrogens with zero attached hydrogens (tertiary/aromatic N) is 1. The Hall–Kier alpha value is -0.560. The average Bonchev–Trinajstić information content (AvgIpc) is 2.58. The van der Waals surface area contributed by atoms with Gasteiger partial charge in [0.15, 0.2) is 0 Å². The first kappa shape index (κ1) is 23.5. The van der Waals surface area contributed by atoms with Gasteiger partial charge in [0.05, 0.1) is 24.4 Å². The van der Waals surface area contributed by atoms with E-state index in [-0.39, 0.29) is 11.2 Å². The van der Waals surface area contributed by atoms with Crippen LogP contribution in [0.1, 0.15) is 59.8 Å². The molecule has 1 aromatic heterocycles. The Kier molecular flexibility index (Phi) is 11.5. The number of ether oxygens (including phenoxy) is 2. The van der Waals surface area contributed by atoms with Gasteiger partial charge in [-0.05, 0) is 76.3 Å². The van der Waals surface area contributed by atoms with E-state index in [1.165, 1.54) is 6.42 Å². The molecule has 0 aliphatic rings. The highest BCUT2D eigenvalue weighted by molar-refractivity contribution is 8.76. The van der Waals surface area contributed by atoms with Crippen LogP contribution in [-0.4, -0.2) is 41.4 Å². The molecule has 1 rings (SSSR count). The summed E-state index contributed by atoms with van der Waals surface area (Å²) < 4.78 is 11.8. The molecule has 1 aromatic rings. The van der Waals surface area contributed by atoms with Crippen LogP contribution in [0.3, 0.4) is 0 Å². The first-order chi connectivity index (χ1) is 12.3. The quantitative estimate of drug-likeness (QED) is 0.218. The van der Waals surface area contributed by atoms with Crippen LogP contribution in [-0.2, 0) is 14.3 Å². The highest BCUT2D eigenvalue weighted by atomic mass is 33.1. The van der Waals surface area contributed by atoms with Crippen molar-refractivity contribution in [2.45, 2.75) is 76.0 Å². The smallest absolute Gasteiger partial charge is 0.122 e. The fraction of sp³-hybridized carbons (Fsp3) is 0.700. The number of unbranched alkanes of at least 4 members (excludes halogenated alkanes) is 1. The molecule has 0 spiro atoms. The second-order valence-corrected chi connectivity index (χ2v) is 9.89. The number of rotatable bonds is 15. The fourth-order valence-electron chi connectivity index (χ4n) is 2.31. The van der Waals surface area contributed by atoms with Gasteiger partial charge < -0.3 is 14.3 Å². The molecule has 0 bridgehead atoms. The zero-order valence-corrected chi connectivity index (χ0v) is 18.2. The standard InChI is InChI=1S/C20H33NO3S2/c1-19(2,24-16-12-20(3,4)23-15-9-14-22)11-6-8-17-25-26-18-10-5-7-13-21-18/h5,7,10,13-14H,6,8-9,11-12,15-17H2,1-4H3. The normalized spacial score (nSPS) is 12.3. The van der Waals surface area contributed by atoms with Gasteiger partial charge >= 0.3 is 0 Å². The summed E-state index contributed by atoms with van der Waals surface area (Å²) in [7, 11) is 3.60. The van der Waals surface area contributed by atoms with Gasteiger partial charge in [0.1, 0.15) is 11.3 Å². The lowest BCUT2D eigenvalue weighted by Crippen LogP contribution is -2.31. The Morgan fingerprint density at radius 3 is 2.46 bits per heavy atom. The zero-order chi connectivity index (χ0) is 19.3. The number of carbonyl (C=O) groups is 1. The maximum absolute atomic E-state index is 10.4. The van der Waals surface area contributed by atoms with Crippen LogP contribution in [0.25, 0.3) is 0 Å². The van der Waals surface area contributed by atoms with E-state index in [1.807, 2.05) is 49.0 Å². The molecule has 0 atom stereocenters. The highest BCUT2D eigenvalue weighted by Gasteiger charge is 2.22. The maximum Gasteiger partial charge on any atom is 0.122 e. The van der Waals surface area contributed by atoms with E-state index in [4.69, 9.17) is 9.47 Å². The van der Waals surface area contributed by atoms with Gasteiger partial charge in [-0.25, -0.2) is 4.98 Å². The molecule has 148 valence electrons. The van der Waals surface area contributed by atoms with E-state index in [1.54, 1.807) is 10.8 Å². The minimum atomic E-state index is -0.252. The van der Waals surface area contributed by atoms with Crippen LogP contribution in [0.4, 0.5) is 0 Å². The summed E-state index contributed by atoms with van der Waals surface area (Å²) in [5.41, 5.74) is -0.365. The molecule has 26 heavy (non-hydrogen) atoms. The SMILES string of the molecule is CC(C)(CCCCSSc1ccccn1)OCCC(C)(C)OCCC=O. The summed E-state index contributed by atoms with van der Waals surface area (Å²) in [6.07, 6.45) is 7.38. The molecule has 0 aromatic carbocycles. The lowest BCUT2D eigenvalue weighted by atomic mass is 10.0. The fourth-order valence-corrected chi connectivity index (χ4v) is 4.34. The van der Waals surface area contributed by atoms with Crippen molar-refractivity contribution in [3.05, 3.63) is 24.4 Å². The average molecular weight is 400 g/mol. The summed E-state index contributed by atoms with van der Waals surface area (Å²) in [6, 6.07) is 6.00. The van der Waals surface area contributed by atoms with Gasteiger partial charge in [0.2, 0.25) is 0 Å². The molecule has 6 heteroatoms. The van der Waals surface area contributed by atoms with E-state index < -0.39 is 0 Å². The second-order valence-electron chi connectivity index (χ2n) is 7.45. The number of aromatic nitrogens is 1. The molecule has 0 saturated carbocycles. The van der Waals surface area contributed by atoms with Crippen molar-refractivity contribution in [3.8, 4) is 0 Å². The third-order valence-electron chi connectivity index (χ3n) is 3.96. The first-order valence-corrected chi connectivity index (χ1v) is 11.6. The van der Waals surface area contributed by atoms with Crippen molar-refractivity contribution in [1.29, 1.82) is 0 Å². The maximum atomic E-state index is 10.4. The van der Waals surface area contributed by atoms with Crippen molar-refractivity contribution in [1.82, 2.24) is 4.98 Å². The van der Waals surface area contributed by atoms with Crippen LogP contribution in [0.5, 0.6) is 0 Å². The van der Waals surface area contributed by atoms with Crippen LogP contribution in [0.15, 0.2) is 29.4 Å². The molecule has 0 unspecified atom stereocenters. The Bertz CT molecular complexity index is 495. The lowest BCUT2D eigenvalue weighted by Gasteiger charge is -2.29. The monoisotopic (exact) mass is 399 g/mol. The number of carbonyl (C=O) groups excluding carboxylic acids is 1. The summed E-state index contributed by atoms with van der Waals surface area (Å²) in [4.78, 5) is 14.7. The third kappa shape index (κ3) is 11.9.